The molecular formula is C14H18ClNO2. The smallest absolute Gasteiger partial charge is 0.178 e. The quantitative estimate of drug-likeness (QED) is 0.851. The van der Waals surface area contributed by atoms with Crippen molar-refractivity contribution in [2.45, 2.75) is 19.4 Å². The summed E-state index contributed by atoms with van der Waals surface area (Å²) < 4.78 is 0. The second-order valence-electron chi connectivity index (χ2n) is 4.93. The highest BCUT2D eigenvalue weighted by atomic mass is 35.5. The number of Topliss-reactive ketones (excluding diaryl/α,β-unsaturated/α-hetero) is 1. The maximum Gasteiger partial charge on any atom is 0.178 e. The zero-order valence-electron chi connectivity index (χ0n) is 10.5. The van der Waals surface area contributed by atoms with Crippen molar-refractivity contribution in [3.8, 4) is 0 Å². The number of aliphatic hydroxyl groups is 1. The number of carbonyl (C=O) groups excluding carboxylic acids is 1. The van der Waals surface area contributed by atoms with Gasteiger partial charge in [-0.25, -0.2) is 0 Å². The number of likely N-dealkylation sites (tertiary alicyclic amines) is 1. The number of ketones is 1. The molecule has 2 unspecified atom stereocenters. The number of aliphatic hydroxyl groups excluding tert-OH is 1. The Kier molecular flexibility index (Phi) is 4.38. The van der Waals surface area contributed by atoms with Gasteiger partial charge in [0.05, 0.1) is 17.7 Å². The fraction of sp³-hybridized carbons (Fsp3) is 0.500. The monoisotopic (exact) mass is 267 g/mol. The van der Waals surface area contributed by atoms with Crippen LogP contribution in [0, 0.1) is 5.92 Å². The fourth-order valence-electron chi connectivity index (χ4n) is 2.38. The van der Waals surface area contributed by atoms with E-state index >= 15 is 0 Å². The van der Waals surface area contributed by atoms with Crippen LogP contribution in [0.4, 0.5) is 0 Å². The fourth-order valence-corrected chi connectivity index (χ4v) is 2.62. The Hall–Kier alpha value is -0.900. The molecule has 1 aromatic carbocycles. The summed E-state index contributed by atoms with van der Waals surface area (Å²) in [5, 5.41) is 10.0. The molecule has 0 radical (unpaired) electrons. The van der Waals surface area contributed by atoms with E-state index in [0.717, 1.165) is 19.5 Å². The van der Waals surface area contributed by atoms with Crippen LogP contribution in [-0.2, 0) is 0 Å². The van der Waals surface area contributed by atoms with Gasteiger partial charge in [-0.1, -0.05) is 23.7 Å². The molecule has 0 saturated carbocycles. The van der Waals surface area contributed by atoms with E-state index in [4.69, 9.17) is 11.6 Å². The Balaban J connectivity index is 1.95. The molecule has 2 atom stereocenters. The van der Waals surface area contributed by atoms with Crippen LogP contribution in [0.15, 0.2) is 24.3 Å². The number of hydrogen-bond donors (Lipinski definition) is 1. The van der Waals surface area contributed by atoms with Crippen LogP contribution in [0.3, 0.4) is 0 Å². The first kappa shape index (κ1) is 13.5. The van der Waals surface area contributed by atoms with E-state index in [9.17, 15) is 9.90 Å². The molecule has 1 aliphatic heterocycles. The average molecular weight is 268 g/mol. The number of carbonyl (C=O) groups is 1. The van der Waals surface area contributed by atoms with Gasteiger partial charge in [0.1, 0.15) is 0 Å². The number of benzene rings is 1. The lowest BCUT2D eigenvalue weighted by Gasteiger charge is -2.16. The third kappa shape index (κ3) is 3.10. The molecule has 18 heavy (non-hydrogen) atoms. The second-order valence-corrected chi connectivity index (χ2v) is 5.33. The molecule has 98 valence electrons. The summed E-state index contributed by atoms with van der Waals surface area (Å²) in [7, 11) is 0. The van der Waals surface area contributed by atoms with Crippen LogP contribution in [0.5, 0.6) is 0 Å². The zero-order valence-corrected chi connectivity index (χ0v) is 11.2. The van der Waals surface area contributed by atoms with Crippen LogP contribution < -0.4 is 0 Å². The van der Waals surface area contributed by atoms with Crippen LogP contribution in [-0.4, -0.2) is 41.5 Å². The van der Waals surface area contributed by atoms with Crippen LogP contribution >= 0.6 is 11.6 Å². The lowest BCUT2D eigenvalue weighted by atomic mass is 10.0. The first-order valence-corrected chi connectivity index (χ1v) is 6.64. The molecule has 0 aromatic heterocycles. The van der Waals surface area contributed by atoms with Crippen molar-refractivity contribution in [3.05, 3.63) is 34.9 Å². The van der Waals surface area contributed by atoms with E-state index in [1.165, 1.54) is 0 Å². The van der Waals surface area contributed by atoms with E-state index < -0.39 is 0 Å². The molecule has 1 aromatic rings. The summed E-state index contributed by atoms with van der Waals surface area (Å²) in [6, 6.07) is 7.13. The van der Waals surface area contributed by atoms with Gasteiger partial charge in [-0.15, -0.1) is 0 Å². The van der Waals surface area contributed by atoms with Gasteiger partial charge < -0.3 is 5.11 Å². The Morgan fingerprint density at radius 1 is 1.56 bits per heavy atom. The number of rotatable bonds is 4. The van der Waals surface area contributed by atoms with E-state index in [0.29, 0.717) is 17.1 Å². The largest absolute Gasteiger partial charge is 0.393 e. The van der Waals surface area contributed by atoms with Gasteiger partial charge in [0.25, 0.3) is 0 Å². The summed E-state index contributed by atoms with van der Waals surface area (Å²) in [5.74, 6) is 0.330. The Morgan fingerprint density at radius 2 is 2.28 bits per heavy atom. The predicted octanol–water partition coefficient (Wildman–Crippen LogP) is 2.23. The summed E-state index contributed by atoms with van der Waals surface area (Å²) >= 11 is 6.00. The summed E-state index contributed by atoms with van der Waals surface area (Å²) in [6.45, 7) is 3.84. The van der Waals surface area contributed by atoms with Gasteiger partial charge in [0.15, 0.2) is 5.78 Å². The molecule has 1 N–H and O–H groups in total. The minimum atomic E-state index is -0.301. The minimum Gasteiger partial charge on any atom is -0.393 e. The first-order valence-electron chi connectivity index (χ1n) is 6.26. The van der Waals surface area contributed by atoms with Gasteiger partial charge in [-0.3, -0.25) is 9.69 Å². The van der Waals surface area contributed by atoms with Crippen molar-refractivity contribution in [2.24, 2.45) is 5.92 Å². The van der Waals surface area contributed by atoms with E-state index in [1.54, 1.807) is 12.1 Å². The highest BCUT2D eigenvalue weighted by Crippen LogP contribution is 2.21. The average Bonchev–Trinajstić information content (AvgIpc) is 2.78. The minimum absolute atomic E-state index is 0.0480. The van der Waals surface area contributed by atoms with E-state index in [1.807, 2.05) is 19.1 Å². The molecule has 0 amide bonds. The van der Waals surface area contributed by atoms with Gasteiger partial charge >= 0.3 is 0 Å². The molecule has 1 fully saturated rings. The molecule has 0 spiro atoms. The number of nitrogens with zero attached hydrogens (tertiary/aromatic N) is 1. The molecule has 1 heterocycles. The van der Waals surface area contributed by atoms with Crippen molar-refractivity contribution in [1.82, 2.24) is 4.90 Å². The van der Waals surface area contributed by atoms with Crippen molar-refractivity contribution in [1.29, 1.82) is 0 Å². The van der Waals surface area contributed by atoms with E-state index in [-0.39, 0.29) is 17.8 Å². The molecule has 0 aliphatic carbocycles. The van der Waals surface area contributed by atoms with Crippen molar-refractivity contribution in [3.63, 3.8) is 0 Å². The lowest BCUT2D eigenvalue weighted by Crippen LogP contribution is -2.29. The molecule has 4 heteroatoms. The molecular weight excluding hydrogens is 250 g/mol. The van der Waals surface area contributed by atoms with Crippen LogP contribution in [0.2, 0.25) is 5.02 Å². The van der Waals surface area contributed by atoms with Crippen molar-refractivity contribution < 1.29 is 9.90 Å². The molecule has 2 rings (SSSR count). The maximum absolute atomic E-state index is 12.1. The SMILES string of the molecule is CC(O)C1CCN(CC(=O)c2ccccc2Cl)C1. The first-order chi connectivity index (χ1) is 8.58. The number of halogens is 1. The van der Waals surface area contributed by atoms with Gasteiger partial charge in [0.2, 0.25) is 0 Å². The molecule has 1 saturated heterocycles. The van der Waals surface area contributed by atoms with Crippen molar-refractivity contribution >= 4 is 17.4 Å². The zero-order chi connectivity index (χ0) is 13.1. The second kappa shape index (κ2) is 5.83. The predicted molar refractivity (Wildman–Crippen MR) is 72.0 cm³/mol. The van der Waals surface area contributed by atoms with E-state index in [2.05, 4.69) is 4.90 Å². The van der Waals surface area contributed by atoms with Gasteiger partial charge in [-0.2, -0.15) is 0 Å². The Morgan fingerprint density at radius 3 is 2.89 bits per heavy atom. The summed E-state index contributed by atoms with van der Waals surface area (Å²) in [4.78, 5) is 14.2. The number of hydrogen-bond acceptors (Lipinski definition) is 3. The molecule has 1 aliphatic rings. The highest BCUT2D eigenvalue weighted by Gasteiger charge is 2.27. The molecule has 0 bridgehead atoms. The van der Waals surface area contributed by atoms with Crippen molar-refractivity contribution in [2.75, 3.05) is 19.6 Å². The Labute approximate surface area is 112 Å². The standard InChI is InChI=1S/C14H18ClNO2/c1-10(17)11-6-7-16(8-11)9-14(18)12-4-2-3-5-13(12)15/h2-5,10-11,17H,6-9H2,1H3. The Bertz CT molecular complexity index is 434. The lowest BCUT2D eigenvalue weighted by molar-refractivity contribution is 0.0925. The van der Waals surface area contributed by atoms with Gasteiger partial charge in [0, 0.05) is 12.1 Å². The molecule has 3 nitrogen and oxygen atoms in total. The summed E-state index contributed by atoms with van der Waals surface area (Å²) in [5.41, 5.74) is 0.583. The topological polar surface area (TPSA) is 40.5 Å². The third-order valence-electron chi connectivity index (χ3n) is 3.53. The van der Waals surface area contributed by atoms with Gasteiger partial charge in [-0.05, 0) is 37.9 Å². The van der Waals surface area contributed by atoms with Crippen LogP contribution in [0.1, 0.15) is 23.7 Å². The normalized spacial score (nSPS) is 22.1. The summed E-state index contributed by atoms with van der Waals surface area (Å²) in [6.07, 6.45) is 0.651. The maximum atomic E-state index is 12.1. The van der Waals surface area contributed by atoms with Crippen LogP contribution in [0.25, 0.3) is 0 Å². The third-order valence-corrected chi connectivity index (χ3v) is 3.86. The highest BCUT2D eigenvalue weighted by molar-refractivity contribution is 6.34.